The molecule has 1 N–H and O–H groups in total. The Labute approximate surface area is 212 Å². The maximum absolute atomic E-state index is 13.5. The molecule has 0 spiro atoms. The Kier molecular flexibility index (Phi) is 6.74. The Morgan fingerprint density at radius 3 is 2.63 bits per heavy atom. The number of fused-ring (bicyclic) bond motifs is 3. The van der Waals surface area contributed by atoms with Crippen molar-refractivity contribution in [2.75, 3.05) is 5.32 Å². The number of benzene rings is 2. The molecule has 0 saturated carbocycles. The maximum atomic E-state index is 13.5. The van der Waals surface area contributed by atoms with E-state index in [0.29, 0.717) is 10.6 Å². The summed E-state index contributed by atoms with van der Waals surface area (Å²) >= 11 is 9.07. The minimum Gasteiger partial charge on any atom is -0.323 e. The number of carbonyl (C=O) groups excluding carboxylic acids is 1. The van der Waals surface area contributed by atoms with Gasteiger partial charge >= 0.3 is 6.18 Å². The molecule has 4 aromatic rings. The van der Waals surface area contributed by atoms with Gasteiger partial charge in [-0.05, 0) is 55.0 Å². The minimum absolute atomic E-state index is 0.0273. The van der Waals surface area contributed by atoms with Gasteiger partial charge < -0.3 is 5.32 Å². The summed E-state index contributed by atoms with van der Waals surface area (Å²) in [6.45, 7) is 0. The lowest BCUT2D eigenvalue weighted by Crippen LogP contribution is -2.20. The fourth-order valence-electron chi connectivity index (χ4n) is 4.16. The molecule has 4 nitrogen and oxygen atoms in total. The quantitative estimate of drug-likeness (QED) is 0.211. The number of anilines is 1. The van der Waals surface area contributed by atoms with E-state index in [1.165, 1.54) is 28.5 Å². The predicted molar refractivity (Wildman–Crippen MR) is 134 cm³/mol. The van der Waals surface area contributed by atoms with Crippen molar-refractivity contribution < 1.29 is 18.0 Å². The van der Waals surface area contributed by atoms with Gasteiger partial charge in [-0.3, -0.25) is 4.79 Å². The number of aryl methyl sites for hydroxylation is 2. The summed E-state index contributed by atoms with van der Waals surface area (Å²) in [6, 6.07) is 12.0. The van der Waals surface area contributed by atoms with Crippen molar-refractivity contribution >= 4 is 56.5 Å². The maximum Gasteiger partial charge on any atom is 0.416 e. The minimum atomic E-state index is -4.55. The highest BCUT2D eigenvalue weighted by atomic mass is 35.5. The average Bonchev–Trinajstić information content (AvgIpc) is 3.23. The van der Waals surface area contributed by atoms with Crippen LogP contribution in [0.15, 0.2) is 59.9 Å². The third-order valence-corrected chi connectivity index (χ3v) is 8.62. The van der Waals surface area contributed by atoms with Crippen LogP contribution in [0.4, 0.5) is 18.9 Å². The van der Waals surface area contributed by atoms with Crippen LogP contribution in [0.25, 0.3) is 10.2 Å². The van der Waals surface area contributed by atoms with E-state index >= 15 is 0 Å². The molecule has 1 atom stereocenters. The number of aromatic nitrogens is 2. The third-order valence-electron chi connectivity index (χ3n) is 5.84. The molecular weight excluding hydrogens is 515 g/mol. The van der Waals surface area contributed by atoms with E-state index in [4.69, 9.17) is 11.6 Å². The molecule has 0 unspecified atom stereocenters. The van der Waals surface area contributed by atoms with Crippen molar-refractivity contribution in [3.63, 3.8) is 0 Å². The summed E-state index contributed by atoms with van der Waals surface area (Å²) in [5.41, 5.74) is 0.971. The standard InChI is InChI=1S/C25H19ClF3N3OS2/c26-17-11-10-15(25(27,28)29)12-18(17)32-22(33)21(14-6-2-1-3-7-14)35-24-20-16-8-4-5-9-19(16)34-23(20)30-13-31-24/h1-3,6-7,10-13,21H,4-5,8-9H2,(H,32,33)/t21-/m0/s1. The van der Waals surface area contributed by atoms with Crippen molar-refractivity contribution in [2.45, 2.75) is 42.1 Å². The van der Waals surface area contributed by atoms with E-state index in [2.05, 4.69) is 15.3 Å². The fraction of sp³-hybridized carbons (Fsp3) is 0.240. The zero-order chi connectivity index (χ0) is 24.6. The topological polar surface area (TPSA) is 54.9 Å². The molecule has 35 heavy (non-hydrogen) atoms. The normalized spacial score (nSPS) is 14.5. The predicted octanol–water partition coefficient (Wildman–Crippen LogP) is 7.71. The molecule has 1 aliphatic rings. The Morgan fingerprint density at radius 2 is 1.86 bits per heavy atom. The van der Waals surface area contributed by atoms with Crippen LogP contribution in [0, 0.1) is 0 Å². The van der Waals surface area contributed by atoms with E-state index in [1.807, 2.05) is 30.3 Å². The Bertz CT molecular complexity index is 1390. The average molecular weight is 534 g/mol. The van der Waals surface area contributed by atoms with Gasteiger partial charge in [0.1, 0.15) is 21.4 Å². The van der Waals surface area contributed by atoms with Crippen LogP contribution in [0.3, 0.4) is 0 Å². The first-order chi connectivity index (χ1) is 16.8. The van der Waals surface area contributed by atoms with Crippen LogP contribution in [-0.4, -0.2) is 15.9 Å². The van der Waals surface area contributed by atoms with E-state index < -0.39 is 22.9 Å². The van der Waals surface area contributed by atoms with Crippen LogP contribution < -0.4 is 5.32 Å². The molecule has 1 amide bonds. The number of thioether (sulfide) groups is 1. The monoisotopic (exact) mass is 533 g/mol. The van der Waals surface area contributed by atoms with E-state index in [-0.39, 0.29) is 10.7 Å². The molecular formula is C25H19ClF3N3OS2. The zero-order valence-electron chi connectivity index (χ0n) is 18.2. The number of hydrogen-bond acceptors (Lipinski definition) is 5. The summed E-state index contributed by atoms with van der Waals surface area (Å²) in [6.07, 6.45) is 1.13. The van der Waals surface area contributed by atoms with Crippen LogP contribution in [0.1, 0.15) is 39.7 Å². The zero-order valence-corrected chi connectivity index (χ0v) is 20.6. The molecule has 2 aromatic heterocycles. The molecule has 0 saturated heterocycles. The van der Waals surface area contributed by atoms with Crippen LogP contribution in [-0.2, 0) is 23.8 Å². The highest BCUT2D eigenvalue weighted by Gasteiger charge is 2.32. The first-order valence-electron chi connectivity index (χ1n) is 11.0. The second-order valence-electron chi connectivity index (χ2n) is 8.16. The molecule has 1 aliphatic carbocycles. The largest absolute Gasteiger partial charge is 0.416 e. The second kappa shape index (κ2) is 9.79. The number of carbonyl (C=O) groups is 1. The molecule has 0 bridgehead atoms. The van der Waals surface area contributed by atoms with Gasteiger partial charge in [0.25, 0.3) is 0 Å². The molecule has 0 radical (unpaired) electrons. The Morgan fingerprint density at radius 1 is 1.09 bits per heavy atom. The fourth-order valence-corrected chi connectivity index (χ4v) is 6.75. The number of hydrogen-bond donors (Lipinski definition) is 1. The number of nitrogens with zero attached hydrogens (tertiary/aromatic N) is 2. The lowest BCUT2D eigenvalue weighted by molar-refractivity contribution is -0.137. The van der Waals surface area contributed by atoms with Crippen LogP contribution in [0.5, 0.6) is 0 Å². The van der Waals surface area contributed by atoms with Gasteiger partial charge in [-0.2, -0.15) is 13.2 Å². The Hall–Kier alpha value is -2.62. The van der Waals surface area contributed by atoms with Crippen molar-refractivity contribution in [3.05, 3.63) is 81.4 Å². The smallest absolute Gasteiger partial charge is 0.323 e. The summed E-state index contributed by atoms with van der Waals surface area (Å²) in [5, 5.41) is 3.54. The summed E-state index contributed by atoms with van der Waals surface area (Å²) in [4.78, 5) is 24.6. The first kappa shape index (κ1) is 24.1. The van der Waals surface area contributed by atoms with Gasteiger partial charge in [-0.25, -0.2) is 9.97 Å². The van der Waals surface area contributed by atoms with Crippen molar-refractivity contribution in [1.82, 2.24) is 9.97 Å². The van der Waals surface area contributed by atoms with E-state index in [1.54, 1.807) is 11.3 Å². The lowest BCUT2D eigenvalue weighted by Gasteiger charge is -2.19. The van der Waals surface area contributed by atoms with Gasteiger partial charge in [0, 0.05) is 10.3 Å². The number of thiophene rings is 1. The molecule has 2 aromatic carbocycles. The van der Waals surface area contributed by atoms with Gasteiger partial charge in [-0.15, -0.1) is 11.3 Å². The highest BCUT2D eigenvalue weighted by molar-refractivity contribution is 8.00. The number of halogens is 4. The van der Waals surface area contributed by atoms with Gasteiger partial charge in [0.2, 0.25) is 5.91 Å². The second-order valence-corrected chi connectivity index (χ2v) is 10.7. The molecule has 0 aliphatic heterocycles. The van der Waals surface area contributed by atoms with Crippen molar-refractivity contribution in [1.29, 1.82) is 0 Å². The molecule has 5 rings (SSSR count). The third kappa shape index (κ3) is 5.03. The lowest BCUT2D eigenvalue weighted by atomic mass is 9.97. The van der Waals surface area contributed by atoms with E-state index in [0.717, 1.165) is 54.1 Å². The van der Waals surface area contributed by atoms with Crippen molar-refractivity contribution in [2.24, 2.45) is 0 Å². The van der Waals surface area contributed by atoms with Crippen LogP contribution >= 0.6 is 34.7 Å². The molecule has 2 heterocycles. The van der Waals surface area contributed by atoms with Crippen molar-refractivity contribution in [3.8, 4) is 0 Å². The molecule has 180 valence electrons. The van der Waals surface area contributed by atoms with Gasteiger partial charge in [-0.1, -0.05) is 53.7 Å². The van der Waals surface area contributed by atoms with Gasteiger partial charge in [0.05, 0.1) is 16.3 Å². The molecule has 10 heteroatoms. The first-order valence-corrected chi connectivity index (χ1v) is 13.0. The van der Waals surface area contributed by atoms with Crippen LogP contribution in [0.2, 0.25) is 5.02 Å². The molecule has 0 fully saturated rings. The van der Waals surface area contributed by atoms with E-state index in [9.17, 15) is 18.0 Å². The Balaban J connectivity index is 1.52. The summed E-state index contributed by atoms with van der Waals surface area (Å²) in [5.74, 6) is -0.488. The van der Waals surface area contributed by atoms with Gasteiger partial charge in [0.15, 0.2) is 0 Å². The summed E-state index contributed by atoms with van der Waals surface area (Å²) < 4.78 is 39.7. The number of rotatable bonds is 5. The summed E-state index contributed by atoms with van der Waals surface area (Å²) in [7, 11) is 0. The SMILES string of the molecule is O=C(Nc1cc(C(F)(F)F)ccc1Cl)[C@@H](Sc1ncnc2sc3c(c12)CCCC3)c1ccccc1. The highest BCUT2D eigenvalue weighted by Crippen LogP contribution is 2.44. The number of nitrogens with one attached hydrogen (secondary N) is 1. The number of amides is 1. The number of alkyl halides is 3.